The van der Waals surface area contributed by atoms with Crippen LogP contribution in [0.15, 0.2) is 18.2 Å². The van der Waals surface area contributed by atoms with Crippen LogP contribution in [0.1, 0.15) is 12.8 Å². The van der Waals surface area contributed by atoms with Crippen LogP contribution in [-0.2, 0) is 4.79 Å². The summed E-state index contributed by atoms with van der Waals surface area (Å²) in [6.07, 6.45) is 1.34. The van der Waals surface area contributed by atoms with E-state index in [1.807, 2.05) is 4.90 Å². The number of carbonyl (C=O) groups is 1. The third-order valence-electron chi connectivity index (χ3n) is 3.26. The smallest absolute Gasteiger partial charge is 0.237 e. The van der Waals surface area contributed by atoms with E-state index in [4.69, 9.17) is 17.4 Å². The molecule has 6 heteroatoms. The Morgan fingerprint density at radius 2 is 2.11 bits per heavy atom. The Bertz CT molecular complexity index is 447. The predicted molar refractivity (Wildman–Crippen MR) is 68.7 cm³/mol. The van der Waals surface area contributed by atoms with Gasteiger partial charge in [0, 0.05) is 24.0 Å². The van der Waals surface area contributed by atoms with Crippen LogP contribution in [0.2, 0.25) is 5.02 Å². The quantitative estimate of drug-likeness (QED) is 0.489. The Labute approximate surface area is 110 Å². The number of benzene rings is 1. The van der Waals surface area contributed by atoms with Gasteiger partial charge in [-0.25, -0.2) is 10.2 Å². The minimum Gasteiger partial charge on any atom is -0.369 e. The summed E-state index contributed by atoms with van der Waals surface area (Å²) >= 11 is 5.71. The van der Waals surface area contributed by atoms with Gasteiger partial charge < -0.3 is 4.90 Å². The molecule has 0 saturated carbocycles. The molecule has 0 bridgehead atoms. The van der Waals surface area contributed by atoms with Gasteiger partial charge in [0.15, 0.2) is 0 Å². The first kappa shape index (κ1) is 13.1. The van der Waals surface area contributed by atoms with Gasteiger partial charge in [0.1, 0.15) is 5.82 Å². The minimum atomic E-state index is -0.329. The molecule has 3 N–H and O–H groups in total. The molecule has 1 saturated heterocycles. The second-order valence-corrected chi connectivity index (χ2v) is 4.80. The van der Waals surface area contributed by atoms with Crippen LogP contribution in [0.5, 0.6) is 0 Å². The maximum absolute atomic E-state index is 13.7. The monoisotopic (exact) mass is 271 g/mol. The lowest BCUT2D eigenvalue weighted by Gasteiger charge is -2.32. The van der Waals surface area contributed by atoms with Gasteiger partial charge in [-0.1, -0.05) is 11.6 Å². The molecule has 1 heterocycles. The lowest BCUT2D eigenvalue weighted by molar-refractivity contribution is -0.125. The van der Waals surface area contributed by atoms with E-state index in [-0.39, 0.29) is 17.6 Å². The Morgan fingerprint density at radius 3 is 2.67 bits per heavy atom. The fourth-order valence-corrected chi connectivity index (χ4v) is 2.40. The molecular weight excluding hydrogens is 257 g/mol. The number of piperidine rings is 1. The summed E-state index contributed by atoms with van der Waals surface area (Å²) in [6.45, 7) is 1.27. The highest BCUT2D eigenvalue weighted by molar-refractivity contribution is 6.30. The van der Waals surface area contributed by atoms with Crippen molar-refractivity contribution in [2.24, 2.45) is 11.8 Å². The molecule has 2 rings (SSSR count). The van der Waals surface area contributed by atoms with Gasteiger partial charge in [-0.3, -0.25) is 10.2 Å². The standard InChI is InChI=1S/C12H15ClFN3O/c13-9-1-2-11(10(14)7-9)17-5-3-8(4-6-17)12(18)16-15/h1-2,7-8H,3-6,15H2,(H,16,18). The molecule has 4 nitrogen and oxygen atoms in total. The first-order chi connectivity index (χ1) is 8.61. The molecule has 1 aromatic carbocycles. The maximum Gasteiger partial charge on any atom is 0.237 e. The normalized spacial score (nSPS) is 16.7. The van der Waals surface area contributed by atoms with Crippen molar-refractivity contribution >= 4 is 23.2 Å². The largest absolute Gasteiger partial charge is 0.369 e. The van der Waals surface area contributed by atoms with Crippen LogP contribution in [0.4, 0.5) is 10.1 Å². The van der Waals surface area contributed by atoms with Crippen LogP contribution in [-0.4, -0.2) is 19.0 Å². The molecule has 0 atom stereocenters. The summed E-state index contributed by atoms with van der Waals surface area (Å²) < 4.78 is 13.7. The lowest BCUT2D eigenvalue weighted by atomic mass is 9.96. The van der Waals surface area contributed by atoms with Gasteiger partial charge in [0.05, 0.1) is 5.69 Å². The van der Waals surface area contributed by atoms with E-state index in [1.165, 1.54) is 6.07 Å². The van der Waals surface area contributed by atoms with E-state index in [0.29, 0.717) is 36.6 Å². The second kappa shape index (κ2) is 5.54. The second-order valence-electron chi connectivity index (χ2n) is 4.37. The Balaban J connectivity index is 2.03. The number of nitrogens with two attached hydrogens (primary N) is 1. The van der Waals surface area contributed by atoms with Crippen LogP contribution in [0.3, 0.4) is 0 Å². The van der Waals surface area contributed by atoms with Crippen LogP contribution < -0.4 is 16.2 Å². The molecule has 1 fully saturated rings. The summed E-state index contributed by atoms with van der Waals surface area (Å²) in [5.41, 5.74) is 2.69. The Morgan fingerprint density at radius 1 is 1.44 bits per heavy atom. The van der Waals surface area contributed by atoms with Crippen LogP contribution in [0, 0.1) is 11.7 Å². The number of nitrogens with one attached hydrogen (secondary N) is 1. The molecule has 1 amide bonds. The average Bonchev–Trinajstić information content (AvgIpc) is 2.38. The highest BCUT2D eigenvalue weighted by atomic mass is 35.5. The number of hydrazine groups is 1. The number of amides is 1. The fraction of sp³-hybridized carbons (Fsp3) is 0.417. The first-order valence-corrected chi connectivity index (χ1v) is 6.20. The van der Waals surface area contributed by atoms with Crippen molar-refractivity contribution in [3.8, 4) is 0 Å². The van der Waals surface area contributed by atoms with Crippen molar-refractivity contribution in [1.82, 2.24) is 5.43 Å². The van der Waals surface area contributed by atoms with Crippen molar-refractivity contribution in [3.63, 3.8) is 0 Å². The zero-order valence-electron chi connectivity index (χ0n) is 9.83. The van der Waals surface area contributed by atoms with Crippen molar-refractivity contribution in [2.45, 2.75) is 12.8 Å². The highest BCUT2D eigenvalue weighted by Crippen LogP contribution is 2.27. The van der Waals surface area contributed by atoms with Crippen LogP contribution >= 0.6 is 11.6 Å². The summed E-state index contributed by atoms with van der Waals surface area (Å²) in [5.74, 6) is 4.54. The molecule has 0 aliphatic carbocycles. The summed E-state index contributed by atoms with van der Waals surface area (Å²) in [5, 5.41) is 0.383. The van der Waals surface area contributed by atoms with E-state index in [9.17, 15) is 9.18 Å². The zero-order valence-corrected chi connectivity index (χ0v) is 10.6. The number of hydrogen-bond acceptors (Lipinski definition) is 3. The lowest BCUT2D eigenvalue weighted by Crippen LogP contribution is -2.42. The van der Waals surface area contributed by atoms with E-state index < -0.39 is 0 Å². The van der Waals surface area contributed by atoms with Gasteiger partial charge in [-0.15, -0.1) is 0 Å². The maximum atomic E-state index is 13.7. The average molecular weight is 272 g/mol. The van der Waals surface area contributed by atoms with Gasteiger partial charge in [-0.2, -0.15) is 0 Å². The van der Waals surface area contributed by atoms with Gasteiger partial charge in [0.2, 0.25) is 5.91 Å². The molecule has 1 aromatic rings. The molecule has 0 radical (unpaired) electrons. The molecule has 1 aliphatic rings. The fourth-order valence-electron chi connectivity index (χ4n) is 2.24. The van der Waals surface area contributed by atoms with Gasteiger partial charge >= 0.3 is 0 Å². The highest BCUT2D eigenvalue weighted by Gasteiger charge is 2.25. The third-order valence-corrected chi connectivity index (χ3v) is 3.49. The zero-order chi connectivity index (χ0) is 13.1. The SMILES string of the molecule is NNC(=O)C1CCN(c2ccc(Cl)cc2F)CC1. The van der Waals surface area contributed by atoms with Gasteiger partial charge in [0.25, 0.3) is 0 Å². The van der Waals surface area contributed by atoms with E-state index in [0.717, 1.165) is 0 Å². The topological polar surface area (TPSA) is 58.4 Å². The number of nitrogens with zero attached hydrogens (tertiary/aromatic N) is 1. The molecule has 0 spiro atoms. The van der Waals surface area contributed by atoms with Crippen molar-refractivity contribution in [2.75, 3.05) is 18.0 Å². The number of anilines is 1. The molecular formula is C12H15ClFN3O. The molecule has 18 heavy (non-hydrogen) atoms. The van der Waals surface area contributed by atoms with E-state index in [1.54, 1.807) is 12.1 Å². The summed E-state index contributed by atoms with van der Waals surface area (Å²) in [7, 11) is 0. The van der Waals surface area contributed by atoms with Crippen LogP contribution in [0.25, 0.3) is 0 Å². The number of rotatable bonds is 2. The number of hydrogen-bond donors (Lipinski definition) is 2. The number of halogens is 2. The summed E-state index contributed by atoms with van der Waals surface area (Å²) in [4.78, 5) is 13.3. The first-order valence-electron chi connectivity index (χ1n) is 5.82. The van der Waals surface area contributed by atoms with Crippen molar-refractivity contribution in [1.29, 1.82) is 0 Å². The molecule has 1 aliphatic heterocycles. The summed E-state index contributed by atoms with van der Waals surface area (Å²) in [6, 6.07) is 4.63. The third kappa shape index (κ3) is 2.73. The number of carbonyl (C=O) groups excluding carboxylic acids is 1. The van der Waals surface area contributed by atoms with Gasteiger partial charge in [-0.05, 0) is 31.0 Å². The van der Waals surface area contributed by atoms with Crippen molar-refractivity contribution in [3.05, 3.63) is 29.0 Å². The Hall–Kier alpha value is -1.33. The minimum absolute atomic E-state index is 0.0818. The predicted octanol–water partition coefficient (Wildman–Crippen LogP) is 1.69. The molecule has 98 valence electrons. The van der Waals surface area contributed by atoms with E-state index in [2.05, 4.69) is 5.43 Å². The molecule has 0 aromatic heterocycles. The van der Waals surface area contributed by atoms with Crippen molar-refractivity contribution < 1.29 is 9.18 Å². The van der Waals surface area contributed by atoms with E-state index >= 15 is 0 Å². The Kier molecular flexibility index (Phi) is 4.04. The molecule has 0 unspecified atom stereocenters.